The second-order valence-electron chi connectivity index (χ2n) is 6.12. The Labute approximate surface area is 165 Å². The van der Waals surface area contributed by atoms with E-state index in [4.69, 9.17) is 9.47 Å². The van der Waals surface area contributed by atoms with E-state index in [-0.39, 0.29) is 48.7 Å². The lowest BCUT2D eigenvalue weighted by Crippen LogP contribution is -2.40. The molecule has 28 heavy (non-hydrogen) atoms. The summed E-state index contributed by atoms with van der Waals surface area (Å²) in [7, 11) is -3.84. The van der Waals surface area contributed by atoms with Crippen LogP contribution in [0, 0.1) is 0 Å². The van der Waals surface area contributed by atoms with E-state index >= 15 is 0 Å². The monoisotopic (exact) mass is 442 g/mol. The number of alkyl halides is 3. The van der Waals surface area contributed by atoms with E-state index in [0.29, 0.717) is 0 Å². The molecule has 1 amide bonds. The van der Waals surface area contributed by atoms with Crippen molar-refractivity contribution in [1.82, 2.24) is 4.31 Å². The lowest BCUT2D eigenvalue weighted by molar-refractivity contribution is -0.114. The van der Waals surface area contributed by atoms with Gasteiger partial charge in [-0.05, 0) is 43.8 Å². The van der Waals surface area contributed by atoms with Crippen LogP contribution < -0.4 is 10.1 Å². The van der Waals surface area contributed by atoms with Crippen molar-refractivity contribution in [2.75, 3.05) is 37.4 Å². The normalized spacial score (nSPS) is 16.2. The number of anilines is 1. The van der Waals surface area contributed by atoms with Gasteiger partial charge in [-0.2, -0.15) is 17.5 Å². The van der Waals surface area contributed by atoms with Gasteiger partial charge in [-0.25, -0.2) is 8.42 Å². The SMILES string of the molecule is CC(C)Oc1ccc(S(=O)(=O)N2CCOCC2)cc1NC(=O)CSC(F)(F)F. The largest absolute Gasteiger partial charge is 0.489 e. The molecule has 1 aliphatic heterocycles. The van der Waals surface area contributed by atoms with Crippen LogP contribution in [0.25, 0.3) is 0 Å². The summed E-state index contributed by atoms with van der Waals surface area (Å²) in [5.74, 6) is -1.61. The highest BCUT2D eigenvalue weighted by Gasteiger charge is 2.30. The van der Waals surface area contributed by atoms with E-state index < -0.39 is 39.0 Å². The molecule has 0 aromatic heterocycles. The maximum atomic E-state index is 12.8. The third-order valence-corrected chi connectivity index (χ3v) is 6.19. The number of benzene rings is 1. The van der Waals surface area contributed by atoms with Crippen LogP contribution in [0.15, 0.2) is 23.1 Å². The predicted octanol–water partition coefficient (Wildman–Crippen LogP) is 2.69. The summed E-state index contributed by atoms with van der Waals surface area (Å²) < 4.78 is 74.4. The highest BCUT2D eigenvalue weighted by molar-refractivity contribution is 8.00. The summed E-state index contributed by atoms with van der Waals surface area (Å²) in [4.78, 5) is 11.8. The number of morpholine rings is 1. The molecule has 1 heterocycles. The standard InChI is InChI=1S/C16H21F3N2O5S2/c1-11(2)26-14-4-3-12(28(23,24)21-5-7-25-8-6-21)9-13(14)20-15(22)10-27-16(17,18)19/h3-4,9,11H,5-8,10H2,1-2H3,(H,20,22). The summed E-state index contributed by atoms with van der Waals surface area (Å²) in [5.41, 5.74) is -4.55. The van der Waals surface area contributed by atoms with Gasteiger partial charge in [-0.3, -0.25) is 4.79 Å². The summed E-state index contributed by atoms with van der Waals surface area (Å²) in [6, 6.07) is 3.90. The zero-order valence-electron chi connectivity index (χ0n) is 15.3. The molecule has 0 aliphatic carbocycles. The maximum absolute atomic E-state index is 12.8. The first-order valence-corrected chi connectivity index (χ1v) is 10.8. The predicted molar refractivity (Wildman–Crippen MR) is 98.9 cm³/mol. The zero-order valence-corrected chi connectivity index (χ0v) is 16.9. The molecule has 2 rings (SSSR count). The van der Waals surface area contributed by atoms with Crippen molar-refractivity contribution in [3.05, 3.63) is 18.2 Å². The van der Waals surface area contributed by atoms with E-state index in [1.165, 1.54) is 22.5 Å². The summed E-state index contributed by atoms with van der Waals surface area (Å²) >= 11 is -0.480. The molecule has 1 saturated heterocycles. The smallest absolute Gasteiger partial charge is 0.442 e. The van der Waals surface area contributed by atoms with Crippen LogP contribution in [0.5, 0.6) is 5.75 Å². The minimum atomic E-state index is -4.55. The number of nitrogens with one attached hydrogen (secondary N) is 1. The number of amides is 1. The molecule has 1 fully saturated rings. The van der Waals surface area contributed by atoms with Crippen LogP contribution in [0.2, 0.25) is 0 Å². The number of hydrogen-bond donors (Lipinski definition) is 1. The van der Waals surface area contributed by atoms with Gasteiger partial charge in [0.15, 0.2) is 0 Å². The minimum absolute atomic E-state index is 0.00388. The summed E-state index contributed by atoms with van der Waals surface area (Å²) in [5, 5.41) is 2.31. The lowest BCUT2D eigenvalue weighted by Gasteiger charge is -2.26. The first-order chi connectivity index (χ1) is 13.0. The fourth-order valence-corrected chi connectivity index (χ4v) is 4.20. The number of sulfonamides is 1. The second kappa shape index (κ2) is 9.33. The van der Waals surface area contributed by atoms with Crippen LogP contribution in [-0.2, 0) is 19.6 Å². The molecule has 0 unspecified atom stereocenters. The molecule has 0 bridgehead atoms. The van der Waals surface area contributed by atoms with Gasteiger partial charge in [0.25, 0.3) is 0 Å². The first kappa shape index (κ1) is 22.8. The van der Waals surface area contributed by atoms with Gasteiger partial charge in [0.2, 0.25) is 15.9 Å². The Hall–Kier alpha value is -1.50. The number of rotatable bonds is 7. The molecule has 1 N–H and O–H groups in total. The molecule has 1 aliphatic rings. The van der Waals surface area contributed by atoms with Crippen molar-refractivity contribution in [3.63, 3.8) is 0 Å². The number of thioether (sulfide) groups is 1. The molecule has 158 valence electrons. The molecular weight excluding hydrogens is 421 g/mol. The molecular formula is C16H21F3N2O5S2. The highest BCUT2D eigenvalue weighted by Crippen LogP contribution is 2.32. The topological polar surface area (TPSA) is 84.9 Å². The van der Waals surface area contributed by atoms with E-state index in [2.05, 4.69) is 5.32 Å². The average Bonchev–Trinajstić information content (AvgIpc) is 2.61. The zero-order chi connectivity index (χ0) is 20.9. The maximum Gasteiger partial charge on any atom is 0.442 e. The van der Waals surface area contributed by atoms with E-state index in [1.807, 2.05) is 0 Å². The number of hydrogen-bond acceptors (Lipinski definition) is 6. The number of carbonyl (C=O) groups is 1. The molecule has 0 saturated carbocycles. The van der Waals surface area contributed by atoms with Crippen molar-refractivity contribution in [2.24, 2.45) is 0 Å². The molecule has 12 heteroatoms. The molecule has 1 aromatic carbocycles. The van der Waals surface area contributed by atoms with E-state index in [1.54, 1.807) is 13.8 Å². The van der Waals surface area contributed by atoms with Crippen LogP contribution in [-0.4, -0.2) is 62.3 Å². The Morgan fingerprint density at radius 1 is 1.32 bits per heavy atom. The van der Waals surface area contributed by atoms with Gasteiger partial charge in [0, 0.05) is 13.1 Å². The first-order valence-electron chi connectivity index (χ1n) is 8.38. The number of carbonyl (C=O) groups excluding carboxylic acids is 1. The Balaban J connectivity index is 2.27. The summed E-state index contributed by atoms with van der Waals surface area (Å²) in [6.45, 7) is 4.37. The number of nitrogens with zero attached hydrogens (tertiary/aromatic N) is 1. The van der Waals surface area contributed by atoms with Crippen molar-refractivity contribution < 1.29 is 35.9 Å². The van der Waals surface area contributed by atoms with Crippen LogP contribution in [0.3, 0.4) is 0 Å². The van der Waals surface area contributed by atoms with Crippen molar-refractivity contribution >= 4 is 33.4 Å². The third kappa shape index (κ3) is 6.54. The molecule has 0 spiro atoms. The van der Waals surface area contributed by atoms with Gasteiger partial charge >= 0.3 is 5.51 Å². The second-order valence-corrected chi connectivity index (χ2v) is 9.10. The minimum Gasteiger partial charge on any atom is -0.489 e. The van der Waals surface area contributed by atoms with Gasteiger partial charge in [0.05, 0.1) is 35.7 Å². The van der Waals surface area contributed by atoms with Crippen molar-refractivity contribution in [3.8, 4) is 5.75 Å². The Bertz CT molecular complexity index is 794. The molecule has 7 nitrogen and oxygen atoms in total. The summed E-state index contributed by atoms with van der Waals surface area (Å²) in [6.07, 6.45) is -0.290. The van der Waals surface area contributed by atoms with Crippen LogP contribution >= 0.6 is 11.8 Å². The van der Waals surface area contributed by atoms with Gasteiger partial charge < -0.3 is 14.8 Å². The molecule has 1 aromatic rings. The average molecular weight is 442 g/mol. The fourth-order valence-electron chi connectivity index (χ4n) is 2.39. The lowest BCUT2D eigenvalue weighted by atomic mass is 10.3. The fraction of sp³-hybridized carbons (Fsp3) is 0.562. The van der Waals surface area contributed by atoms with Crippen LogP contribution in [0.1, 0.15) is 13.8 Å². The number of halogens is 3. The molecule has 0 radical (unpaired) electrons. The van der Waals surface area contributed by atoms with Crippen LogP contribution in [0.4, 0.5) is 18.9 Å². The Morgan fingerprint density at radius 3 is 2.54 bits per heavy atom. The van der Waals surface area contributed by atoms with Gasteiger partial charge in [-0.1, -0.05) is 0 Å². The van der Waals surface area contributed by atoms with E-state index in [9.17, 15) is 26.4 Å². The quantitative estimate of drug-likeness (QED) is 0.699. The van der Waals surface area contributed by atoms with Gasteiger partial charge in [0.1, 0.15) is 5.75 Å². The van der Waals surface area contributed by atoms with Crippen molar-refractivity contribution in [1.29, 1.82) is 0 Å². The molecule has 0 atom stereocenters. The Kier molecular flexibility index (Phi) is 7.59. The van der Waals surface area contributed by atoms with Gasteiger partial charge in [-0.15, -0.1) is 0 Å². The van der Waals surface area contributed by atoms with E-state index in [0.717, 1.165) is 0 Å². The highest BCUT2D eigenvalue weighted by atomic mass is 32.2. The van der Waals surface area contributed by atoms with Crippen molar-refractivity contribution in [2.45, 2.75) is 30.4 Å². The Morgan fingerprint density at radius 2 is 1.96 bits per heavy atom. The number of ether oxygens (including phenoxy) is 2. The third-order valence-electron chi connectivity index (χ3n) is 3.56.